The zero-order chi connectivity index (χ0) is 92.5. The van der Waals surface area contributed by atoms with E-state index in [9.17, 15) is 66.5 Å². The molecule has 32 nitrogen and oxygen atoms in total. The van der Waals surface area contributed by atoms with E-state index in [0.29, 0.717) is 116 Å². The van der Waals surface area contributed by atoms with Gasteiger partial charge in [0.1, 0.15) is 24.9 Å². The molecule has 0 spiro atoms. The van der Waals surface area contributed by atoms with Crippen LogP contribution >= 0.6 is 0 Å². The number of nitro groups is 1. The minimum Gasteiger partial charge on any atom is -0.453 e. The summed E-state index contributed by atoms with van der Waals surface area (Å²) in [6, 6.07) is -0.154. The van der Waals surface area contributed by atoms with Crippen LogP contribution in [0.25, 0.3) is 0 Å². The molecule has 0 aliphatic carbocycles. The maximum absolute atomic E-state index is 11.4. The summed E-state index contributed by atoms with van der Waals surface area (Å²) in [7, 11) is 8.19. The number of rotatable bonds is 36. The number of amides is 11. The molecule has 118 heavy (non-hydrogen) atoms. The minimum atomic E-state index is -3.23. The highest BCUT2D eigenvalue weighted by atomic mass is 32.2. The maximum Gasteiger partial charge on any atom is 0.406 e. The van der Waals surface area contributed by atoms with Gasteiger partial charge in [-0.3, -0.25) is 58.0 Å². The minimum absolute atomic E-state index is 0.00811. The highest BCUT2D eigenvalue weighted by molar-refractivity contribution is 7.89. The predicted molar refractivity (Wildman–Crippen MR) is 477 cm³/mol. The van der Waals surface area contributed by atoms with E-state index in [0.717, 1.165) is 141 Å². The van der Waals surface area contributed by atoms with Crippen molar-refractivity contribution in [3.8, 4) is 0 Å². The van der Waals surface area contributed by atoms with E-state index in [-0.39, 0.29) is 79.3 Å². The average Bonchev–Trinajstić information content (AvgIpc) is 1.70. The molecular formula is C85H171N15O17S. The summed E-state index contributed by atoms with van der Waals surface area (Å²) in [6.45, 7) is 55.5. The number of likely N-dealkylation sites (tertiary alicyclic amines) is 1. The summed E-state index contributed by atoms with van der Waals surface area (Å²) in [4.78, 5) is 133. The Morgan fingerprint density at radius 3 is 1.29 bits per heavy atom. The van der Waals surface area contributed by atoms with Crippen LogP contribution in [0.5, 0.6) is 0 Å². The highest BCUT2D eigenvalue weighted by Gasteiger charge is 2.33. The number of alkyl carbamates (subject to hydrolysis) is 2. The lowest BCUT2D eigenvalue weighted by Crippen LogP contribution is -2.46. The lowest BCUT2D eigenvalue weighted by Gasteiger charge is -2.24. The highest BCUT2D eigenvalue weighted by Crippen LogP contribution is 2.22. The van der Waals surface area contributed by atoms with Gasteiger partial charge in [-0.15, -0.1) is 0 Å². The number of morpholine rings is 1. The molecule has 3 rings (SSSR count). The van der Waals surface area contributed by atoms with Crippen LogP contribution in [0.1, 0.15) is 294 Å². The van der Waals surface area contributed by atoms with Crippen molar-refractivity contribution in [2.75, 3.05) is 134 Å². The quantitative estimate of drug-likeness (QED) is 0.00645. The molecule has 0 aromatic rings. The van der Waals surface area contributed by atoms with Gasteiger partial charge in [-0.05, 0) is 167 Å². The Morgan fingerprint density at radius 2 is 0.941 bits per heavy atom. The number of carbonyl (C=O) groups excluding carboxylic acids is 10. The van der Waals surface area contributed by atoms with Crippen molar-refractivity contribution in [3.63, 3.8) is 0 Å². The molecule has 0 atom stereocenters. The zero-order valence-corrected chi connectivity index (χ0v) is 80.5. The van der Waals surface area contributed by atoms with Crippen LogP contribution in [-0.2, 0) is 57.8 Å². The van der Waals surface area contributed by atoms with Gasteiger partial charge in [0.25, 0.3) is 17.8 Å². The van der Waals surface area contributed by atoms with Crippen LogP contribution < -0.4 is 31.3 Å². The molecule has 694 valence electrons. The van der Waals surface area contributed by atoms with Crippen molar-refractivity contribution < 1.29 is 75.6 Å². The van der Waals surface area contributed by atoms with Gasteiger partial charge in [0.05, 0.1) is 20.0 Å². The number of sulfonamides is 1. The molecule has 0 bridgehead atoms. The Balaban J connectivity index is -0.000000300. The number of guanidine groups is 2. The van der Waals surface area contributed by atoms with Gasteiger partial charge in [0.2, 0.25) is 45.5 Å². The normalized spacial score (nSPS) is 13.6. The topological polar surface area (TPSA) is 392 Å². The number of aliphatic imine (C=N–C) groups is 1. The van der Waals surface area contributed by atoms with Gasteiger partial charge in [-0.25, -0.2) is 32.9 Å². The largest absolute Gasteiger partial charge is 0.453 e. The summed E-state index contributed by atoms with van der Waals surface area (Å²) in [5.41, 5.74) is 1.06. The molecule has 0 unspecified atom stereocenters. The summed E-state index contributed by atoms with van der Waals surface area (Å²) in [6.07, 6.45) is 20.6. The standard InChI is InChI=1S/C10H18N2O2.C10H17NO3.C10H17NO2.C10H21NO.C9H20N4O2.C9H21N3O2S.2C9H19NO2.C9H19NO/c1-8(2)5-4-6-12-9(13)7-11(3)10(12)14;1-8(2)4-3-5-11-9(12)6-14-7-10(11)13;1-8(2)4-3-7-11-9(12)5-6-10(11)13;1-5-9(12)11-8-6-7-10(2,3)4;1-8(2)6-5-7-10-9(12(3)4)11-13(14)15;1-8(2)6-5-7-11-9(10-3)12-15(4,13)14;1-9(2,3)6-5-7-10-8(11)12-4;1-9(2,3)6-5-7-12-8(11)10-4;1-8(2)6-5-7-10(4)9(3)11/h8H,4-7H2,1-3H3;8H,3-7H2,1-2H3;8H,3-7H2,1-2H3;5-8H2,1-4H3,(H,11,12);8H,5-7H2,1-4H3,(H,10,11);8H,5-7H2,1-4H3,(H2,10,11,12);2*5-7H2,1-4H3,(H,10,11);8H,5-7H2,1-4H3. The van der Waals surface area contributed by atoms with Crippen LogP contribution in [0.15, 0.2) is 10.1 Å². The number of urea groups is 1. The number of hydrogen-bond donors (Lipinski definition) is 6. The molecule has 33 heteroatoms. The fourth-order valence-corrected chi connectivity index (χ4v) is 10.7. The van der Waals surface area contributed by atoms with Crippen molar-refractivity contribution in [1.82, 2.24) is 60.7 Å². The Morgan fingerprint density at radius 1 is 0.559 bits per heavy atom. The molecular weight excluding hydrogens is 1540 g/mol. The Bertz CT molecular complexity index is 2810. The first-order valence-corrected chi connectivity index (χ1v) is 44.6. The fraction of sp³-hybridized carbons (Fsp3) is 0.859. The van der Waals surface area contributed by atoms with Crippen molar-refractivity contribution >= 4 is 81.5 Å². The van der Waals surface area contributed by atoms with Gasteiger partial charge in [-0.2, -0.15) is 0 Å². The van der Waals surface area contributed by atoms with E-state index < -0.39 is 15.1 Å². The van der Waals surface area contributed by atoms with Gasteiger partial charge in [-0.1, -0.05) is 152 Å². The second-order valence-electron chi connectivity index (χ2n) is 36.1. The summed E-state index contributed by atoms with van der Waals surface area (Å²) >= 11 is 0. The predicted octanol–water partition coefficient (Wildman–Crippen LogP) is 13.9. The van der Waals surface area contributed by atoms with E-state index in [1.54, 1.807) is 52.0 Å². The summed E-state index contributed by atoms with van der Waals surface area (Å²) in [5.74, 6) is 4.41. The third-order valence-corrected chi connectivity index (χ3v) is 17.7. The lowest BCUT2D eigenvalue weighted by atomic mass is 9.91. The number of likely N-dealkylation sites (N-methyl/N-ethyl adjacent to an activating group) is 1. The summed E-state index contributed by atoms with van der Waals surface area (Å²) in [5, 5.41) is 26.6. The van der Waals surface area contributed by atoms with Gasteiger partial charge < -0.3 is 55.5 Å². The molecule has 6 N–H and O–H groups in total. The molecule has 11 amide bonds. The molecule has 3 aliphatic heterocycles. The van der Waals surface area contributed by atoms with Gasteiger partial charge >= 0.3 is 18.2 Å². The molecule has 3 aliphatic rings. The Labute approximate surface area is 714 Å². The molecule has 3 saturated heterocycles. The molecule has 3 heterocycles. The number of nitrogens with one attached hydrogen (secondary N) is 6. The number of methoxy groups -OCH3 is 1. The fourth-order valence-electron chi connectivity index (χ4n) is 10.2. The van der Waals surface area contributed by atoms with Crippen LogP contribution in [0, 0.1) is 61.9 Å². The SMILES string of the molecule is CC(=O)N(C)CCCC(C)C.CC(C)CCCN/C(=N/[N+](=O)[O-])N(C)C.CC(C)CCCN1C(=O)CCC1=O.CC(C)CCCN1C(=O)CN(C)C1=O.CC(C)CCCN1C(=O)COCC1=O.CCC(=O)NCCCC(C)(C)C.CN=C(NCCCC(C)C)NS(C)(=O)=O.CNC(=O)OCCCC(C)(C)C.COC(=O)NCCCC(C)(C)C. The number of hydrogen-bond acceptors (Lipinski definition) is 18. The molecule has 0 aromatic heterocycles. The van der Waals surface area contributed by atoms with Crippen molar-refractivity contribution in [2.24, 2.45) is 61.8 Å². The number of nitrogens with zero attached hydrogens (tertiary/aromatic N) is 9. The second kappa shape index (κ2) is 70.3. The van der Waals surface area contributed by atoms with E-state index in [1.165, 1.54) is 33.1 Å². The molecule has 0 saturated carbocycles. The van der Waals surface area contributed by atoms with Crippen LogP contribution in [0.4, 0.5) is 14.4 Å². The van der Waals surface area contributed by atoms with E-state index >= 15 is 0 Å². The average molecular weight is 1710 g/mol. The van der Waals surface area contributed by atoms with Crippen molar-refractivity contribution in [1.29, 1.82) is 0 Å². The molecule has 0 radical (unpaired) electrons. The maximum atomic E-state index is 11.4. The van der Waals surface area contributed by atoms with Gasteiger partial charge in [0, 0.05) is 121 Å². The Kier molecular flexibility index (Phi) is 72.3. The summed E-state index contributed by atoms with van der Waals surface area (Å²) < 4.78 is 38.2. The third kappa shape index (κ3) is 83.6. The van der Waals surface area contributed by atoms with E-state index in [2.05, 4.69) is 192 Å². The Hall–Kier alpha value is -7.45. The smallest absolute Gasteiger partial charge is 0.406 e. The van der Waals surface area contributed by atoms with Crippen molar-refractivity contribution in [3.05, 3.63) is 10.1 Å². The first kappa shape index (κ1) is 121. The van der Waals surface area contributed by atoms with Crippen LogP contribution in [-0.4, -0.2) is 249 Å². The number of hydrazone groups is 1. The number of ether oxygens (including phenoxy) is 3. The molecule has 0 aromatic carbocycles. The number of carbonyl (C=O) groups is 10. The van der Waals surface area contributed by atoms with Crippen molar-refractivity contribution in [2.45, 2.75) is 294 Å². The first-order chi connectivity index (χ1) is 54.4. The van der Waals surface area contributed by atoms with Crippen LogP contribution in [0.3, 0.4) is 0 Å². The molecule has 3 fully saturated rings. The van der Waals surface area contributed by atoms with Gasteiger partial charge in [0.15, 0.2) is 5.03 Å². The monoisotopic (exact) mass is 1710 g/mol. The zero-order valence-electron chi connectivity index (χ0n) is 79.7. The lowest BCUT2D eigenvalue weighted by molar-refractivity contribution is -0.485. The number of imide groups is 3. The van der Waals surface area contributed by atoms with Crippen LogP contribution in [0.2, 0.25) is 0 Å². The third-order valence-electron chi connectivity index (χ3n) is 17.2. The van der Waals surface area contributed by atoms with E-state index in [1.807, 2.05) is 14.0 Å². The second-order valence-corrected chi connectivity index (χ2v) is 37.8. The van der Waals surface area contributed by atoms with E-state index in [4.69, 9.17) is 9.47 Å². The first-order valence-electron chi connectivity index (χ1n) is 42.7.